The molecule has 0 saturated carbocycles. The molecule has 3 N–H and O–H groups in total. The van der Waals surface area contributed by atoms with Crippen molar-refractivity contribution in [1.82, 2.24) is 29.8 Å². The van der Waals surface area contributed by atoms with Gasteiger partial charge in [-0.05, 0) is 52.5 Å². The third-order valence-corrected chi connectivity index (χ3v) is 6.31. The van der Waals surface area contributed by atoms with Gasteiger partial charge in [0.15, 0.2) is 18.0 Å². The SMILES string of the molecule is O=C(O)NC1CCN(Cc2cc(Br)n3ncnc(Nc4cccc(-c5cnco5)c4)c23)CC1. The first-order valence-corrected chi connectivity index (χ1v) is 11.3. The molecule has 0 spiro atoms. The molecule has 3 aromatic heterocycles. The van der Waals surface area contributed by atoms with E-state index in [1.807, 2.05) is 28.8 Å². The van der Waals surface area contributed by atoms with Gasteiger partial charge in [-0.1, -0.05) is 12.1 Å². The maximum atomic E-state index is 10.9. The number of hydrogen-bond donors (Lipinski definition) is 3. The summed E-state index contributed by atoms with van der Waals surface area (Å²) in [5.74, 6) is 1.39. The summed E-state index contributed by atoms with van der Waals surface area (Å²) in [6, 6.07) is 9.93. The van der Waals surface area contributed by atoms with E-state index in [2.05, 4.69) is 52.6 Å². The molecule has 1 amide bonds. The van der Waals surface area contributed by atoms with E-state index in [4.69, 9.17) is 9.52 Å². The largest absolute Gasteiger partial charge is 0.465 e. The highest BCUT2D eigenvalue weighted by Crippen LogP contribution is 2.30. The van der Waals surface area contributed by atoms with Gasteiger partial charge in [-0.15, -0.1) is 0 Å². The topological polar surface area (TPSA) is 121 Å². The number of nitrogens with zero attached hydrogens (tertiary/aromatic N) is 5. The predicted octanol–water partition coefficient (Wildman–Crippen LogP) is 4.12. The molecule has 0 unspecified atom stereocenters. The number of aromatic nitrogens is 4. The molecule has 4 aromatic rings. The van der Waals surface area contributed by atoms with Gasteiger partial charge in [0.25, 0.3) is 0 Å². The van der Waals surface area contributed by atoms with Crippen LogP contribution in [0, 0.1) is 0 Å². The molecule has 1 aliphatic heterocycles. The van der Waals surface area contributed by atoms with Crippen molar-refractivity contribution in [3.63, 3.8) is 0 Å². The normalized spacial score (nSPS) is 15.1. The van der Waals surface area contributed by atoms with E-state index in [1.165, 1.54) is 12.7 Å². The number of fused-ring (bicyclic) bond motifs is 1. The molecule has 170 valence electrons. The van der Waals surface area contributed by atoms with Crippen molar-refractivity contribution < 1.29 is 14.3 Å². The molecule has 1 aliphatic rings. The van der Waals surface area contributed by atoms with E-state index in [9.17, 15) is 4.79 Å². The van der Waals surface area contributed by atoms with Gasteiger partial charge in [-0.25, -0.2) is 19.3 Å². The van der Waals surface area contributed by atoms with Crippen molar-refractivity contribution in [1.29, 1.82) is 0 Å². The Morgan fingerprint density at radius 1 is 1.27 bits per heavy atom. The summed E-state index contributed by atoms with van der Waals surface area (Å²) in [5.41, 5.74) is 3.76. The lowest BCUT2D eigenvalue weighted by Gasteiger charge is -2.31. The van der Waals surface area contributed by atoms with E-state index in [0.717, 1.165) is 59.4 Å². The summed E-state index contributed by atoms with van der Waals surface area (Å²) >= 11 is 3.61. The number of carboxylic acid groups (broad SMARTS) is 1. The minimum absolute atomic E-state index is 0.00784. The summed E-state index contributed by atoms with van der Waals surface area (Å²) in [7, 11) is 0. The minimum atomic E-state index is -0.962. The number of oxazole rings is 1. The van der Waals surface area contributed by atoms with Gasteiger partial charge in [-0.2, -0.15) is 5.10 Å². The molecule has 0 radical (unpaired) electrons. The minimum Gasteiger partial charge on any atom is -0.465 e. The smallest absolute Gasteiger partial charge is 0.404 e. The van der Waals surface area contributed by atoms with Crippen LogP contribution in [0.25, 0.3) is 16.8 Å². The number of nitrogens with one attached hydrogen (secondary N) is 2. The van der Waals surface area contributed by atoms with E-state index in [0.29, 0.717) is 11.6 Å². The van der Waals surface area contributed by atoms with Crippen molar-refractivity contribution >= 4 is 39.0 Å². The molecule has 0 bridgehead atoms. The van der Waals surface area contributed by atoms with Crippen molar-refractivity contribution in [3.8, 4) is 11.3 Å². The Hall–Kier alpha value is -3.44. The lowest BCUT2D eigenvalue weighted by atomic mass is 10.0. The Kier molecular flexibility index (Phi) is 5.97. The van der Waals surface area contributed by atoms with Crippen molar-refractivity contribution in [2.24, 2.45) is 0 Å². The average molecular weight is 512 g/mol. The van der Waals surface area contributed by atoms with Crippen LogP contribution in [0.15, 0.2) is 58.3 Å². The Balaban J connectivity index is 1.39. The predicted molar refractivity (Wildman–Crippen MR) is 125 cm³/mol. The number of piperidine rings is 1. The molecular formula is C22H22BrN7O3. The number of benzene rings is 1. The molecule has 0 aliphatic carbocycles. The first-order valence-electron chi connectivity index (χ1n) is 10.6. The number of likely N-dealkylation sites (tertiary alicyclic amines) is 1. The van der Waals surface area contributed by atoms with Gasteiger partial charge in [0.2, 0.25) is 0 Å². The van der Waals surface area contributed by atoms with E-state index >= 15 is 0 Å². The summed E-state index contributed by atoms with van der Waals surface area (Å²) in [6.07, 6.45) is 5.22. The number of rotatable bonds is 6. The summed E-state index contributed by atoms with van der Waals surface area (Å²) in [4.78, 5) is 21.7. The maximum Gasteiger partial charge on any atom is 0.404 e. The Labute approximate surface area is 197 Å². The first kappa shape index (κ1) is 21.4. The van der Waals surface area contributed by atoms with Crippen LogP contribution < -0.4 is 10.6 Å². The molecular weight excluding hydrogens is 490 g/mol. The number of halogens is 1. The standard InChI is InChI=1S/C22H22BrN7O3/c23-19-9-15(11-29-6-4-16(5-7-29)28-22(31)32)20-21(25-12-26-30(19)20)27-17-3-1-2-14(8-17)18-10-24-13-33-18/h1-3,8-10,12-13,16,28H,4-7,11H2,(H,31,32)(H,25,26,27). The lowest BCUT2D eigenvalue weighted by Crippen LogP contribution is -2.43. The van der Waals surface area contributed by atoms with Crippen LogP contribution in [0.4, 0.5) is 16.3 Å². The van der Waals surface area contributed by atoms with Crippen molar-refractivity contribution in [3.05, 3.63) is 59.4 Å². The Morgan fingerprint density at radius 2 is 2.12 bits per heavy atom. The van der Waals surface area contributed by atoms with E-state index in [1.54, 1.807) is 6.20 Å². The molecule has 33 heavy (non-hydrogen) atoms. The van der Waals surface area contributed by atoms with Gasteiger partial charge in [-0.3, -0.25) is 4.90 Å². The highest BCUT2D eigenvalue weighted by Gasteiger charge is 2.23. The molecule has 0 atom stereocenters. The summed E-state index contributed by atoms with van der Waals surface area (Å²) < 4.78 is 8.08. The van der Waals surface area contributed by atoms with E-state index < -0.39 is 6.09 Å². The van der Waals surface area contributed by atoms with E-state index in [-0.39, 0.29) is 6.04 Å². The fourth-order valence-electron chi connectivity index (χ4n) is 4.19. The second-order valence-corrected chi connectivity index (χ2v) is 8.75. The number of hydrogen-bond acceptors (Lipinski definition) is 7. The fraction of sp³-hybridized carbons (Fsp3) is 0.273. The van der Waals surface area contributed by atoms with Crippen LogP contribution in [0.5, 0.6) is 0 Å². The van der Waals surface area contributed by atoms with Gasteiger partial charge in [0.05, 0.1) is 6.20 Å². The zero-order valence-electron chi connectivity index (χ0n) is 17.6. The number of anilines is 2. The second kappa shape index (κ2) is 9.20. The third kappa shape index (κ3) is 4.69. The van der Waals surface area contributed by atoms with Gasteiger partial charge in [0.1, 0.15) is 16.4 Å². The zero-order chi connectivity index (χ0) is 22.8. The first-order chi connectivity index (χ1) is 16.1. The monoisotopic (exact) mass is 511 g/mol. The molecule has 1 fully saturated rings. The van der Waals surface area contributed by atoms with Crippen LogP contribution in [0.3, 0.4) is 0 Å². The van der Waals surface area contributed by atoms with Crippen LogP contribution in [0.1, 0.15) is 18.4 Å². The number of amides is 1. The zero-order valence-corrected chi connectivity index (χ0v) is 19.2. The Morgan fingerprint density at radius 3 is 2.88 bits per heavy atom. The van der Waals surface area contributed by atoms with Crippen molar-refractivity contribution in [2.75, 3.05) is 18.4 Å². The van der Waals surface area contributed by atoms with Crippen molar-refractivity contribution in [2.45, 2.75) is 25.4 Å². The van der Waals surface area contributed by atoms with Crippen LogP contribution in [-0.2, 0) is 6.54 Å². The molecule has 1 aromatic carbocycles. The molecule has 11 heteroatoms. The molecule has 4 heterocycles. The van der Waals surface area contributed by atoms with Gasteiger partial charge in [0, 0.05) is 36.9 Å². The second-order valence-electron chi connectivity index (χ2n) is 7.93. The maximum absolute atomic E-state index is 10.9. The Bertz CT molecular complexity index is 1270. The molecule has 5 rings (SSSR count). The number of carbonyl (C=O) groups is 1. The summed E-state index contributed by atoms with van der Waals surface area (Å²) in [5, 5.41) is 19.4. The van der Waals surface area contributed by atoms with Gasteiger partial charge < -0.3 is 20.2 Å². The highest BCUT2D eigenvalue weighted by atomic mass is 79.9. The van der Waals surface area contributed by atoms with Crippen LogP contribution in [0.2, 0.25) is 0 Å². The van der Waals surface area contributed by atoms with Crippen LogP contribution >= 0.6 is 15.9 Å². The molecule has 1 saturated heterocycles. The van der Waals surface area contributed by atoms with Crippen LogP contribution in [-0.4, -0.2) is 54.8 Å². The molecule has 10 nitrogen and oxygen atoms in total. The fourth-order valence-corrected chi connectivity index (χ4v) is 4.73. The summed E-state index contributed by atoms with van der Waals surface area (Å²) in [6.45, 7) is 2.35. The third-order valence-electron chi connectivity index (χ3n) is 5.74. The lowest BCUT2D eigenvalue weighted by molar-refractivity contribution is 0.165. The van der Waals surface area contributed by atoms with Gasteiger partial charge >= 0.3 is 6.09 Å². The average Bonchev–Trinajstić information content (AvgIpc) is 3.45. The quantitative estimate of drug-likeness (QED) is 0.353. The highest BCUT2D eigenvalue weighted by molar-refractivity contribution is 9.10.